The summed E-state index contributed by atoms with van der Waals surface area (Å²) in [5.41, 5.74) is 8.18. The van der Waals surface area contributed by atoms with E-state index in [2.05, 4.69) is 5.32 Å². The largest absolute Gasteiger partial charge is 0.399 e. The molecule has 0 spiro atoms. The molecule has 3 nitrogen and oxygen atoms in total. The van der Waals surface area contributed by atoms with E-state index < -0.39 is 0 Å². The van der Waals surface area contributed by atoms with Crippen molar-refractivity contribution in [1.82, 2.24) is 5.32 Å². The number of benzene rings is 2. The predicted octanol–water partition coefficient (Wildman–Crippen LogP) is 3.21. The fraction of sp³-hybridized carbons (Fsp3) is 0.188. The second-order valence-corrected chi connectivity index (χ2v) is 4.83. The van der Waals surface area contributed by atoms with Crippen LogP contribution in [0.3, 0.4) is 0 Å². The van der Waals surface area contributed by atoms with Gasteiger partial charge in [-0.15, -0.1) is 0 Å². The Morgan fingerprint density at radius 2 is 1.85 bits per heavy atom. The molecule has 1 unspecified atom stereocenters. The summed E-state index contributed by atoms with van der Waals surface area (Å²) in [6.45, 7) is 3.52. The fourth-order valence-electron chi connectivity index (χ4n) is 1.93. The first-order valence-electron chi connectivity index (χ1n) is 6.40. The lowest BCUT2D eigenvalue weighted by Crippen LogP contribution is -2.26. The molecule has 3 N–H and O–H groups in total. The molecule has 0 heterocycles. The molecule has 0 aliphatic carbocycles. The van der Waals surface area contributed by atoms with Gasteiger partial charge in [0.15, 0.2) is 0 Å². The third-order valence-electron chi connectivity index (χ3n) is 3.20. The van der Waals surface area contributed by atoms with E-state index in [-0.39, 0.29) is 17.8 Å². The Morgan fingerprint density at radius 3 is 2.45 bits per heavy atom. The number of anilines is 1. The highest BCUT2D eigenvalue weighted by molar-refractivity contribution is 5.94. The third-order valence-corrected chi connectivity index (χ3v) is 3.20. The van der Waals surface area contributed by atoms with Crippen molar-refractivity contribution < 1.29 is 9.18 Å². The molecular formula is C16H17FN2O. The van der Waals surface area contributed by atoms with Crippen LogP contribution < -0.4 is 11.1 Å². The van der Waals surface area contributed by atoms with E-state index in [4.69, 9.17) is 5.73 Å². The van der Waals surface area contributed by atoms with Crippen LogP contribution in [0.1, 0.15) is 34.5 Å². The van der Waals surface area contributed by atoms with Crippen molar-refractivity contribution in [3.8, 4) is 0 Å². The predicted molar refractivity (Wildman–Crippen MR) is 77.9 cm³/mol. The zero-order valence-corrected chi connectivity index (χ0v) is 11.5. The Bertz CT molecular complexity index is 623. The van der Waals surface area contributed by atoms with Crippen LogP contribution in [-0.4, -0.2) is 5.91 Å². The van der Waals surface area contributed by atoms with Crippen molar-refractivity contribution >= 4 is 11.6 Å². The number of nitrogen functional groups attached to an aromatic ring is 1. The molecule has 20 heavy (non-hydrogen) atoms. The maximum absolute atomic E-state index is 13.2. The lowest BCUT2D eigenvalue weighted by atomic mass is 10.1. The molecule has 2 aromatic rings. The Labute approximate surface area is 117 Å². The molecule has 104 valence electrons. The monoisotopic (exact) mass is 272 g/mol. The normalized spacial score (nSPS) is 11.9. The van der Waals surface area contributed by atoms with Crippen LogP contribution in [0.5, 0.6) is 0 Å². The molecule has 1 atom stereocenters. The molecule has 0 aliphatic heterocycles. The number of hydrogen-bond donors (Lipinski definition) is 2. The number of halogens is 1. The van der Waals surface area contributed by atoms with E-state index >= 15 is 0 Å². The van der Waals surface area contributed by atoms with E-state index in [9.17, 15) is 9.18 Å². The molecular weight excluding hydrogens is 255 g/mol. The third kappa shape index (κ3) is 3.15. The molecule has 0 bridgehead atoms. The smallest absolute Gasteiger partial charge is 0.251 e. The summed E-state index contributed by atoms with van der Waals surface area (Å²) < 4.78 is 13.2. The Balaban J connectivity index is 2.10. The average Bonchev–Trinajstić information content (AvgIpc) is 2.42. The molecule has 0 saturated heterocycles. The van der Waals surface area contributed by atoms with Crippen LogP contribution in [0.2, 0.25) is 0 Å². The highest BCUT2D eigenvalue weighted by atomic mass is 19.1. The lowest BCUT2D eigenvalue weighted by Gasteiger charge is -2.15. The molecule has 0 radical (unpaired) electrons. The van der Waals surface area contributed by atoms with Crippen molar-refractivity contribution in [1.29, 1.82) is 0 Å². The van der Waals surface area contributed by atoms with Crippen molar-refractivity contribution in [2.75, 3.05) is 5.73 Å². The van der Waals surface area contributed by atoms with Crippen molar-refractivity contribution in [2.24, 2.45) is 0 Å². The number of rotatable bonds is 3. The van der Waals surface area contributed by atoms with Crippen molar-refractivity contribution in [2.45, 2.75) is 19.9 Å². The summed E-state index contributed by atoms with van der Waals surface area (Å²) in [6.07, 6.45) is 0. The first-order valence-corrected chi connectivity index (χ1v) is 6.40. The quantitative estimate of drug-likeness (QED) is 0.843. The minimum atomic E-state index is -0.312. The second kappa shape index (κ2) is 5.74. The average molecular weight is 272 g/mol. The number of nitrogens with two attached hydrogens (primary N) is 1. The standard InChI is InChI=1S/C16H17FN2O/c1-10-9-13(5-8-15(10)17)16(20)19-11(2)12-3-6-14(18)7-4-12/h3-9,11H,18H2,1-2H3,(H,19,20). The Kier molecular flexibility index (Phi) is 4.03. The van der Waals surface area contributed by atoms with E-state index in [0.717, 1.165) is 5.56 Å². The maximum Gasteiger partial charge on any atom is 0.251 e. The number of amides is 1. The summed E-state index contributed by atoms with van der Waals surface area (Å²) in [5.74, 6) is -0.537. The van der Waals surface area contributed by atoms with E-state index in [0.29, 0.717) is 16.8 Å². The summed E-state index contributed by atoms with van der Waals surface area (Å²) in [7, 11) is 0. The van der Waals surface area contributed by atoms with Gasteiger partial charge in [0.05, 0.1) is 6.04 Å². The zero-order valence-electron chi connectivity index (χ0n) is 11.5. The summed E-state index contributed by atoms with van der Waals surface area (Å²) in [5, 5.41) is 2.88. The zero-order chi connectivity index (χ0) is 14.7. The van der Waals surface area contributed by atoms with Crippen LogP contribution in [0.15, 0.2) is 42.5 Å². The van der Waals surface area contributed by atoms with Gasteiger partial charge in [-0.05, 0) is 55.3 Å². The number of nitrogens with one attached hydrogen (secondary N) is 1. The molecule has 2 aromatic carbocycles. The van der Waals surface area contributed by atoms with Gasteiger partial charge in [-0.2, -0.15) is 0 Å². The first-order chi connectivity index (χ1) is 9.47. The second-order valence-electron chi connectivity index (χ2n) is 4.83. The minimum Gasteiger partial charge on any atom is -0.399 e. The van der Waals surface area contributed by atoms with Gasteiger partial charge in [0.2, 0.25) is 0 Å². The molecule has 4 heteroatoms. The molecule has 0 aliphatic rings. The van der Waals surface area contributed by atoms with Crippen molar-refractivity contribution in [3.63, 3.8) is 0 Å². The van der Waals surface area contributed by atoms with Gasteiger partial charge in [0.25, 0.3) is 5.91 Å². The van der Waals surface area contributed by atoms with Gasteiger partial charge in [-0.1, -0.05) is 12.1 Å². The molecule has 0 aromatic heterocycles. The van der Waals surface area contributed by atoms with Gasteiger partial charge < -0.3 is 11.1 Å². The Hall–Kier alpha value is -2.36. The topological polar surface area (TPSA) is 55.1 Å². The van der Waals surface area contributed by atoms with Crippen LogP contribution in [0.4, 0.5) is 10.1 Å². The van der Waals surface area contributed by atoms with Gasteiger partial charge in [0, 0.05) is 11.3 Å². The highest BCUT2D eigenvalue weighted by Crippen LogP contribution is 2.16. The summed E-state index contributed by atoms with van der Waals surface area (Å²) >= 11 is 0. The molecule has 0 saturated carbocycles. The summed E-state index contributed by atoms with van der Waals surface area (Å²) in [6, 6.07) is 11.5. The van der Waals surface area contributed by atoms with Gasteiger partial charge in [-0.25, -0.2) is 4.39 Å². The number of hydrogen-bond acceptors (Lipinski definition) is 2. The number of aryl methyl sites for hydroxylation is 1. The van der Waals surface area contributed by atoms with E-state index in [1.807, 2.05) is 19.1 Å². The fourth-order valence-corrected chi connectivity index (χ4v) is 1.93. The molecule has 2 rings (SSSR count). The van der Waals surface area contributed by atoms with Crippen LogP contribution in [0.25, 0.3) is 0 Å². The SMILES string of the molecule is Cc1cc(C(=O)NC(C)c2ccc(N)cc2)ccc1F. The lowest BCUT2D eigenvalue weighted by molar-refractivity contribution is 0.0940. The van der Waals surface area contributed by atoms with Crippen LogP contribution >= 0.6 is 0 Å². The van der Waals surface area contributed by atoms with Crippen LogP contribution in [0, 0.1) is 12.7 Å². The molecule has 1 amide bonds. The van der Waals surface area contributed by atoms with Gasteiger partial charge in [0.1, 0.15) is 5.82 Å². The van der Waals surface area contributed by atoms with Crippen LogP contribution in [-0.2, 0) is 0 Å². The van der Waals surface area contributed by atoms with Gasteiger partial charge >= 0.3 is 0 Å². The minimum absolute atomic E-state index is 0.145. The molecule has 0 fully saturated rings. The number of carbonyl (C=O) groups is 1. The summed E-state index contributed by atoms with van der Waals surface area (Å²) in [4.78, 5) is 12.1. The van der Waals surface area contributed by atoms with E-state index in [1.165, 1.54) is 12.1 Å². The van der Waals surface area contributed by atoms with Gasteiger partial charge in [-0.3, -0.25) is 4.79 Å². The maximum atomic E-state index is 13.2. The Morgan fingerprint density at radius 1 is 1.20 bits per heavy atom. The first kappa shape index (κ1) is 14.1. The van der Waals surface area contributed by atoms with E-state index in [1.54, 1.807) is 25.1 Å². The number of carbonyl (C=O) groups excluding carboxylic acids is 1. The van der Waals surface area contributed by atoms with Crippen molar-refractivity contribution in [3.05, 3.63) is 65.0 Å². The highest BCUT2D eigenvalue weighted by Gasteiger charge is 2.12.